The lowest BCUT2D eigenvalue weighted by Gasteiger charge is -2.16. The zero-order chi connectivity index (χ0) is 13.9. The van der Waals surface area contributed by atoms with E-state index in [1.54, 1.807) is 25.1 Å². The fourth-order valence-electron chi connectivity index (χ4n) is 1.41. The average molecular weight is 289 g/mol. The highest BCUT2D eigenvalue weighted by molar-refractivity contribution is 7.86. The normalized spacial score (nSPS) is 14.3. The van der Waals surface area contributed by atoms with E-state index in [1.807, 2.05) is 13.8 Å². The van der Waals surface area contributed by atoms with Gasteiger partial charge in [-0.05, 0) is 32.9 Å². The van der Waals surface area contributed by atoms with Gasteiger partial charge in [0, 0.05) is 11.7 Å². The van der Waals surface area contributed by atoms with Crippen LogP contribution in [0.1, 0.15) is 20.8 Å². The molecule has 0 aliphatic rings. The van der Waals surface area contributed by atoms with Gasteiger partial charge in [0.2, 0.25) is 5.91 Å². The van der Waals surface area contributed by atoms with E-state index in [4.69, 9.17) is 17.3 Å². The van der Waals surface area contributed by atoms with Gasteiger partial charge in [0.1, 0.15) is 5.25 Å². The van der Waals surface area contributed by atoms with Crippen molar-refractivity contribution in [2.75, 3.05) is 5.73 Å². The molecule has 1 aromatic rings. The number of halogens is 1. The Bertz CT molecular complexity index is 457. The molecule has 0 aliphatic heterocycles. The van der Waals surface area contributed by atoms with Crippen molar-refractivity contribution in [1.29, 1.82) is 0 Å². The predicted octanol–water partition coefficient (Wildman–Crippen LogP) is 1.94. The molecule has 0 bridgehead atoms. The van der Waals surface area contributed by atoms with Gasteiger partial charge < -0.3 is 11.1 Å². The van der Waals surface area contributed by atoms with Crippen molar-refractivity contribution in [3.05, 3.63) is 23.2 Å². The molecule has 0 heterocycles. The summed E-state index contributed by atoms with van der Waals surface area (Å²) >= 11 is 5.97. The maximum absolute atomic E-state index is 12.3. The minimum atomic E-state index is -1.57. The molecule has 0 aromatic heterocycles. The Balaban J connectivity index is 2.97. The van der Waals surface area contributed by atoms with Crippen molar-refractivity contribution in [3.8, 4) is 0 Å². The van der Waals surface area contributed by atoms with Crippen LogP contribution in [0.2, 0.25) is 5.02 Å². The minimum absolute atomic E-state index is 0.000502. The summed E-state index contributed by atoms with van der Waals surface area (Å²) in [5.74, 6) is -0.275. The fourth-order valence-corrected chi connectivity index (χ4v) is 3.00. The molecule has 100 valence electrons. The van der Waals surface area contributed by atoms with Crippen LogP contribution >= 0.6 is 11.6 Å². The van der Waals surface area contributed by atoms with Gasteiger partial charge in [-0.3, -0.25) is 9.00 Å². The largest absolute Gasteiger partial charge is 0.398 e. The van der Waals surface area contributed by atoms with Gasteiger partial charge in [0.25, 0.3) is 0 Å². The molecular weight excluding hydrogens is 272 g/mol. The van der Waals surface area contributed by atoms with Gasteiger partial charge >= 0.3 is 0 Å². The van der Waals surface area contributed by atoms with Crippen molar-refractivity contribution in [1.82, 2.24) is 5.32 Å². The Morgan fingerprint density at radius 2 is 2.00 bits per heavy atom. The fraction of sp³-hybridized carbons (Fsp3) is 0.417. The van der Waals surface area contributed by atoms with Crippen LogP contribution in [0.3, 0.4) is 0 Å². The van der Waals surface area contributed by atoms with Crippen LogP contribution in [0.4, 0.5) is 5.69 Å². The third-order valence-electron chi connectivity index (χ3n) is 2.32. The standard InChI is InChI=1S/C12H17ClN2O2S/c1-7(2)15-12(16)8(3)18(17)11-9(13)5-4-6-10(11)14/h4-8H,14H2,1-3H3,(H,15,16). The third-order valence-corrected chi connectivity index (χ3v) is 4.46. The van der Waals surface area contributed by atoms with Crippen LogP contribution in [-0.4, -0.2) is 21.4 Å². The maximum Gasteiger partial charge on any atom is 0.236 e. The van der Waals surface area contributed by atoms with Crippen molar-refractivity contribution >= 4 is 34.0 Å². The van der Waals surface area contributed by atoms with E-state index in [9.17, 15) is 9.00 Å². The van der Waals surface area contributed by atoms with Gasteiger partial charge in [-0.1, -0.05) is 17.7 Å². The van der Waals surface area contributed by atoms with Crippen LogP contribution in [0.5, 0.6) is 0 Å². The Hall–Kier alpha value is -1.07. The Morgan fingerprint density at radius 1 is 1.39 bits per heavy atom. The summed E-state index contributed by atoms with van der Waals surface area (Å²) in [7, 11) is -1.57. The second kappa shape index (κ2) is 6.20. The second-order valence-electron chi connectivity index (χ2n) is 4.26. The summed E-state index contributed by atoms with van der Waals surface area (Å²) in [6.07, 6.45) is 0. The molecule has 0 saturated heterocycles. The number of carbonyl (C=O) groups excluding carboxylic acids is 1. The van der Waals surface area contributed by atoms with Gasteiger partial charge in [-0.2, -0.15) is 0 Å². The number of hydrogen-bond donors (Lipinski definition) is 2. The van der Waals surface area contributed by atoms with E-state index >= 15 is 0 Å². The van der Waals surface area contributed by atoms with E-state index in [0.29, 0.717) is 15.6 Å². The quantitative estimate of drug-likeness (QED) is 0.832. The number of benzene rings is 1. The van der Waals surface area contributed by atoms with Gasteiger partial charge in [-0.15, -0.1) is 0 Å². The number of carbonyl (C=O) groups is 1. The molecule has 0 fully saturated rings. The number of anilines is 1. The molecule has 1 amide bonds. The predicted molar refractivity (Wildman–Crippen MR) is 75.0 cm³/mol. The second-order valence-corrected chi connectivity index (χ2v) is 6.38. The van der Waals surface area contributed by atoms with Crippen LogP contribution in [0.25, 0.3) is 0 Å². The van der Waals surface area contributed by atoms with Crippen molar-refractivity contribution in [2.45, 2.75) is 37.0 Å². The van der Waals surface area contributed by atoms with E-state index < -0.39 is 16.0 Å². The highest BCUT2D eigenvalue weighted by Gasteiger charge is 2.25. The third kappa shape index (κ3) is 3.46. The van der Waals surface area contributed by atoms with Crippen molar-refractivity contribution in [3.63, 3.8) is 0 Å². The van der Waals surface area contributed by atoms with E-state index in [0.717, 1.165) is 0 Å². The summed E-state index contributed by atoms with van der Waals surface area (Å²) in [4.78, 5) is 12.1. The molecule has 2 atom stereocenters. The Labute approximate surface area is 114 Å². The monoisotopic (exact) mass is 288 g/mol. The van der Waals surface area contributed by atoms with Gasteiger partial charge in [0.05, 0.1) is 20.7 Å². The number of hydrogen-bond acceptors (Lipinski definition) is 3. The minimum Gasteiger partial charge on any atom is -0.398 e. The molecule has 0 spiro atoms. The van der Waals surface area contributed by atoms with Crippen LogP contribution in [-0.2, 0) is 15.6 Å². The number of nitrogen functional groups attached to an aromatic ring is 1. The SMILES string of the molecule is CC(C)NC(=O)C(C)S(=O)c1c(N)cccc1Cl. The van der Waals surface area contributed by atoms with E-state index in [1.165, 1.54) is 0 Å². The molecule has 18 heavy (non-hydrogen) atoms. The summed E-state index contributed by atoms with van der Waals surface area (Å²) < 4.78 is 12.3. The molecular formula is C12H17ClN2O2S. The number of amides is 1. The zero-order valence-corrected chi connectivity index (χ0v) is 12.1. The van der Waals surface area contributed by atoms with E-state index in [-0.39, 0.29) is 11.9 Å². The molecule has 1 aromatic carbocycles. The first-order valence-corrected chi connectivity index (χ1v) is 7.18. The molecule has 0 saturated carbocycles. The summed E-state index contributed by atoms with van der Waals surface area (Å²) in [5, 5.41) is 2.33. The zero-order valence-electron chi connectivity index (χ0n) is 10.6. The first kappa shape index (κ1) is 15.0. The Kier molecular flexibility index (Phi) is 5.16. The van der Waals surface area contributed by atoms with Gasteiger partial charge in [-0.25, -0.2) is 0 Å². The summed E-state index contributed by atoms with van der Waals surface area (Å²) in [6, 6.07) is 4.90. The first-order valence-electron chi connectivity index (χ1n) is 5.59. The average Bonchev–Trinajstić information content (AvgIpc) is 2.26. The molecule has 1 rings (SSSR count). The lowest BCUT2D eigenvalue weighted by molar-refractivity contribution is -0.120. The smallest absolute Gasteiger partial charge is 0.236 e. The highest BCUT2D eigenvalue weighted by atomic mass is 35.5. The molecule has 0 radical (unpaired) electrons. The summed E-state index contributed by atoms with van der Waals surface area (Å²) in [6.45, 7) is 5.28. The first-order chi connectivity index (χ1) is 8.34. The number of nitrogens with one attached hydrogen (secondary N) is 1. The van der Waals surface area contributed by atoms with Crippen LogP contribution in [0.15, 0.2) is 23.1 Å². The topological polar surface area (TPSA) is 72.2 Å². The van der Waals surface area contributed by atoms with Crippen LogP contribution in [0, 0.1) is 0 Å². The molecule has 0 aliphatic carbocycles. The maximum atomic E-state index is 12.3. The van der Waals surface area contributed by atoms with Crippen molar-refractivity contribution in [2.24, 2.45) is 0 Å². The van der Waals surface area contributed by atoms with Crippen LogP contribution < -0.4 is 11.1 Å². The summed E-state index contributed by atoms with van der Waals surface area (Å²) in [5.41, 5.74) is 6.09. The van der Waals surface area contributed by atoms with E-state index in [2.05, 4.69) is 5.32 Å². The Morgan fingerprint density at radius 3 is 2.50 bits per heavy atom. The molecule has 3 N–H and O–H groups in total. The molecule has 6 heteroatoms. The van der Waals surface area contributed by atoms with Gasteiger partial charge in [0.15, 0.2) is 0 Å². The lowest BCUT2D eigenvalue weighted by Crippen LogP contribution is -2.39. The number of nitrogens with two attached hydrogens (primary N) is 1. The van der Waals surface area contributed by atoms with Crippen molar-refractivity contribution < 1.29 is 9.00 Å². The highest BCUT2D eigenvalue weighted by Crippen LogP contribution is 2.27. The lowest BCUT2D eigenvalue weighted by atomic mass is 10.3. The molecule has 2 unspecified atom stereocenters. The molecule has 4 nitrogen and oxygen atoms in total. The number of rotatable bonds is 4.